The first-order chi connectivity index (χ1) is 13.4. The number of halogens is 1. The summed E-state index contributed by atoms with van der Waals surface area (Å²) in [7, 11) is 2.78. The molecule has 2 aromatic rings. The zero-order chi connectivity index (χ0) is 20.3. The van der Waals surface area contributed by atoms with Crippen LogP contribution < -0.4 is 14.8 Å². The van der Waals surface area contributed by atoms with Crippen LogP contribution in [0.15, 0.2) is 46.3 Å². The van der Waals surface area contributed by atoms with Gasteiger partial charge in [0.15, 0.2) is 16.7 Å². The molecule has 3 rings (SSSR count). The first-order valence-corrected chi connectivity index (χ1v) is 8.68. The predicted octanol–water partition coefficient (Wildman–Crippen LogP) is 3.64. The van der Waals surface area contributed by atoms with Crippen LogP contribution in [-0.2, 0) is 4.79 Å². The number of thioether (sulfide) groups is 1. The lowest BCUT2D eigenvalue weighted by Crippen LogP contribution is -2.19. The lowest BCUT2D eigenvalue weighted by Gasteiger charge is -2.08. The monoisotopic (exact) mass is 403 g/mol. The molecule has 1 fully saturated rings. The second kappa shape index (κ2) is 8.09. The molecule has 0 spiro atoms. The van der Waals surface area contributed by atoms with E-state index >= 15 is 0 Å². The smallest absolute Gasteiger partial charge is 0.280 e. The van der Waals surface area contributed by atoms with Crippen molar-refractivity contribution in [3.63, 3.8) is 0 Å². The Morgan fingerprint density at radius 1 is 1.18 bits per heavy atom. The van der Waals surface area contributed by atoms with Crippen molar-refractivity contribution in [3.8, 4) is 11.5 Å². The molecule has 0 atom stereocenters. The van der Waals surface area contributed by atoms with Crippen LogP contribution in [0.2, 0.25) is 0 Å². The van der Waals surface area contributed by atoms with E-state index in [1.807, 2.05) is 0 Å². The summed E-state index contributed by atoms with van der Waals surface area (Å²) < 4.78 is 23.2. The van der Waals surface area contributed by atoms with E-state index in [2.05, 4.69) is 10.3 Å². The number of amides is 1. The number of nitro groups is 1. The van der Waals surface area contributed by atoms with E-state index in [0.717, 1.165) is 11.8 Å². The number of amidine groups is 1. The van der Waals surface area contributed by atoms with Gasteiger partial charge in [-0.3, -0.25) is 14.9 Å². The third kappa shape index (κ3) is 4.12. The number of carbonyl (C=O) groups excluding carboxylic acids is 1. The molecule has 0 saturated carbocycles. The van der Waals surface area contributed by atoms with Crippen molar-refractivity contribution >= 4 is 40.3 Å². The highest BCUT2D eigenvalue weighted by atomic mass is 32.2. The van der Waals surface area contributed by atoms with Crippen molar-refractivity contribution in [2.45, 2.75) is 0 Å². The number of aliphatic imine (C=N–C) groups is 1. The summed E-state index contributed by atoms with van der Waals surface area (Å²) in [5, 5.41) is 14.3. The first kappa shape index (κ1) is 19.4. The fourth-order valence-electron chi connectivity index (χ4n) is 2.41. The number of benzene rings is 2. The summed E-state index contributed by atoms with van der Waals surface area (Å²) in [6.45, 7) is 0. The molecule has 2 aromatic carbocycles. The molecular weight excluding hydrogens is 389 g/mol. The molecule has 1 N–H and O–H groups in total. The maximum absolute atomic E-state index is 13.0. The zero-order valence-electron chi connectivity index (χ0n) is 14.8. The van der Waals surface area contributed by atoms with E-state index in [1.165, 1.54) is 56.7 Å². The van der Waals surface area contributed by atoms with Crippen LogP contribution in [0.4, 0.5) is 15.8 Å². The van der Waals surface area contributed by atoms with Gasteiger partial charge >= 0.3 is 0 Å². The number of hydrogen-bond acceptors (Lipinski definition) is 7. The number of nitrogens with zero attached hydrogens (tertiary/aromatic N) is 2. The van der Waals surface area contributed by atoms with E-state index in [9.17, 15) is 19.3 Å². The highest BCUT2D eigenvalue weighted by Crippen LogP contribution is 2.37. The molecule has 0 radical (unpaired) electrons. The second-order valence-electron chi connectivity index (χ2n) is 5.48. The molecule has 0 aromatic heterocycles. The molecule has 28 heavy (non-hydrogen) atoms. The SMILES string of the molecule is COc1cc(/C=C2/SC(=Nc3ccc(F)cc3)NC2=O)c([N+](=O)[O-])cc1OC. The lowest BCUT2D eigenvalue weighted by atomic mass is 10.1. The average Bonchev–Trinajstić information content (AvgIpc) is 3.01. The molecule has 1 heterocycles. The Morgan fingerprint density at radius 2 is 1.82 bits per heavy atom. The van der Waals surface area contributed by atoms with Gasteiger partial charge < -0.3 is 14.8 Å². The zero-order valence-corrected chi connectivity index (χ0v) is 15.6. The largest absolute Gasteiger partial charge is 0.493 e. The minimum Gasteiger partial charge on any atom is -0.493 e. The average molecular weight is 403 g/mol. The Balaban J connectivity index is 1.96. The Labute approximate surface area is 163 Å². The van der Waals surface area contributed by atoms with Gasteiger partial charge in [-0.15, -0.1) is 0 Å². The maximum Gasteiger partial charge on any atom is 0.280 e. The molecule has 1 aliphatic rings. The van der Waals surface area contributed by atoms with Crippen molar-refractivity contribution < 1.29 is 23.6 Å². The number of carbonyl (C=O) groups is 1. The molecule has 8 nitrogen and oxygen atoms in total. The fourth-order valence-corrected chi connectivity index (χ4v) is 3.25. The van der Waals surface area contributed by atoms with Gasteiger partial charge in [0.05, 0.1) is 41.4 Å². The van der Waals surface area contributed by atoms with E-state index in [4.69, 9.17) is 9.47 Å². The molecule has 0 bridgehead atoms. The van der Waals surface area contributed by atoms with Crippen molar-refractivity contribution in [1.82, 2.24) is 5.32 Å². The minimum atomic E-state index is -0.570. The highest BCUT2D eigenvalue weighted by Gasteiger charge is 2.26. The van der Waals surface area contributed by atoms with Gasteiger partial charge in [0.1, 0.15) is 5.82 Å². The van der Waals surface area contributed by atoms with Crippen LogP contribution in [0.3, 0.4) is 0 Å². The summed E-state index contributed by atoms with van der Waals surface area (Å²) in [5.74, 6) is -0.342. The Morgan fingerprint density at radius 3 is 2.43 bits per heavy atom. The van der Waals surface area contributed by atoms with E-state index < -0.39 is 16.6 Å². The van der Waals surface area contributed by atoms with Gasteiger partial charge in [-0.25, -0.2) is 9.38 Å². The first-order valence-electron chi connectivity index (χ1n) is 7.87. The number of hydrogen-bond donors (Lipinski definition) is 1. The van der Waals surface area contributed by atoms with Crippen molar-refractivity contribution in [3.05, 3.63) is 62.8 Å². The number of nitrogens with one attached hydrogen (secondary N) is 1. The van der Waals surface area contributed by atoms with Gasteiger partial charge in [-0.1, -0.05) is 0 Å². The maximum atomic E-state index is 13.0. The van der Waals surface area contributed by atoms with Gasteiger partial charge in [0.25, 0.3) is 11.6 Å². The standard InChI is InChI=1S/C18H14FN3O5S/c1-26-14-7-10(13(22(24)25)9-15(14)27-2)8-16-17(23)21-18(28-16)20-12-5-3-11(19)4-6-12/h3-9H,1-2H3,(H,20,21,23)/b16-8+. The summed E-state index contributed by atoms with van der Waals surface area (Å²) >= 11 is 1.02. The van der Waals surface area contributed by atoms with Crippen LogP contribution in [-0.4, -0.2) is 30.2 Å². The summed E-state index contributed by atoms with van der Waals surface area (Å²) in [6, 6.07) is 8.10. The lowest BCUT2D eigenvalue weighted by molar-refractivity contribution is -0.385. The number of methoxy groups -OCH3 is 2. The van der Waals surface area contributed by atoms with Crippen LogP contribution in [0.25, 0.3) is 6.08 Å². The van der Waals surface area contributed by atoms with E-state index in [1.54, 1.807) is 0 Å². The third-order valence-electron chi connectivity index (χ3n) is 3.72. The minimum absolute atomic E-state index is 0.184. The van der Waals surface area contributed by atoms with Gasteiger partial charge in [-0.05, 0) is 48.2 Å². The third-order valence-corrected chi connectivity index (χ3v) is 4.63. The van der Waals surface area contributed by atoms with Crippen LogP contribution in [0, 0.1) is 15.9 Å². The van der Waals surface area contributed by atoms with Crippen LogP contribution in [0.1, 0.15) is 5.56 Å². The Bertz CT molecular complexity index is 1010. The Kier molecular flexibility index (Phi) is 5.59. The van der Waals surface area contributed by atoms with Gasteiger partial charge in [-0.2, -0.15) is 0 Å². The van der Waals surface area contributed by atoms with Crippen LogP contribution >= 0.6 is 11.8 Å². The van der Waals surface area contributed by atoms with Gasteiger partial charge in [0.2, 0.25) is 0 Å². The van der Waals surface area contributed by atoms with Crippen molar-refractivity contribution in [1.29, 1.82) is 0 Å². The predicted molar refractivity (Wildman–Crippen MR) is 103 cm³/mol. The van der Waals surface area contributed by atoms with Crippen molar-refractivity contribution in [2.75, 3.05) is 14.2 Å². The molecule has 144 valence electrons. The molecule has 1 amide bonds. The second-order valence-corrected chi connectivity index (χ2v) is 6.51. The molecular formula is C18H14FN3O5S. The normalized spacial score (nSPS) is 16.3. The van der Waals surface area contributed by atoms with Gasteiger partial charge in [0, 0.05) is 0 Å². The van der Waals surface area contributed by atoms with E-state index in [-0.39, 0.29) is 27.1 Å². The molecule has 1 saturated heterocycles. The molecule has 0 unspecified atom stereocenters. The number of nitro benzene ring substituents is 1. The highest BCUT2D eigenvalue weighted by molar-refractivity contribution is 8.18. The topological polar surface area (TPSA) is 103 Å². The summed E-state index contributed by atoms with van der Waals surface area (Å²) in [6.07, 6.45) is 1.38. The fraction of sp³-hybridized carbons (Fsp3) is 0.111. The summed E-state index contributed by atoms with van der Waals surface area (Å²) in [5.41, 5.74) is 0.411. The van der Waals surface area contributed by atoms with E-state index in [0.29, 0.717) is 11.4 Å². The Hall–Kier alpha value is -3.40. The molecule has 1 aliphatic heterocycles. The quantitative estimate of drug-likeness (QED) is 0.464. The van der Waals surface area contributed by atoms with Crippen LogP contribution in [0.5, 0.6) is 11.5 Å². The number of ether oxygens (including phenoxy) is 2. The number of rotatable bonds is 5. The molecule has 10 heteroatoms. The molecule has 0 aliphatic carbocycles. The summed E-state index contributed by atoms with van der Waals surface area (Å²) in [4.78, 5) is 27.5. The van der Waals surface area contributed by atoms with Crippen molar-refractivity contribution in [2.24, 2.45) is 4.99 Å².